The Morgan fingerprint density at radius 3 is 2.28 bits per heavy atom. The number of allylic oxidation sites excluding steroid dienone is 8. The molecule has 1 aliphatic carbocycles. The minimum absolute atomic E-state index is 0.128. The lowest BCUT2D eigenvalue weighted by atomic mass is 9.79. The highest BCUT2D eigenvalue weighted by molar-refractivity contribution is 7.85. The van der Waals surface area contributed by atoms with E-state index < -0.39 is 21.5 Å². The standard InChI is InChI=1S/C38H38N2O5S/c1-37(2)30-23-28(46(43,44)45)19-20-31(30)39-33(37)21-17-24-9-8-10-25(35(24)26-13-15-27(16-14-26)36(41)42)18-22-34-38(3,4)29-11-6-7-12-32(29)40(34)5/h6-7,11-23H,8-10H2,1-5H3,(H2,41,42,43,44,45)/p+1. The molecule has 0 aromatic heterocycles. The number of hydrogen-bond acceptors (Lipinski definition) is 4. The first-order chi connectivity index (χ1) is 21.7. The van der Waals surface area contributed by atoms with Gasteiger partial charge in [0, 0.05) is 34.5 Å². The van der Waals surface area contributed by atoms with Crippen LogP contribution in [0.5, 0.6) is 0 Å². The zero-order valence-corrected chi connectivity index (χ0v) is 27.6. The summed E-state index contributed by atoms with van der Waals surface area (Å²) in [5.41, 5.74) is 10.1. The molecule has 3 aromatic rings. The molecule has 3 aliphatic rings. The Morgan fingerprint density at radius 1 is 0.891 bits per heavy atom. The number of carboxylic acid groups (broad SMARTS) is 1. The Kier molecular flexibility index (Phi) is 7.77. The van der Waals surface area contributed by atoms with Crippen molar-refractivity contribution in [2.45, 2.75) is 62.7 Å². The molecule has 8 heteroatoms. The van der Waals surface area contributed by atoms with E-state index in [1.54, 1.807) is 18.2 Å². The molecule has 0 spiro atoms. The molecular formula is C38H39N2O5S+. The topological polar surface area (TPSA) is 107 Å². The molecule has 0 atom stereocenters. The number of nitrogens with one attached hydrogen (secondary N) is 1. The fraction of sp³-hybridized carbons (Fsp3) is 0.263. The van der Waals surface area contributed by atoms with E-state index in [1.165, 1.54) is 34.7 Å². The SMILES string of the molecule is C[N+]1=C(/C=C/C2=C(c3ccc(C(=O)O)cc3)C(=C/C=C3/Nc4ccc(S(=O)(=O)O)cc4C3(C)C)/CCC2)C(C)(C)c2ccccc21. The molecule has 7 nitrogen and oxygen atoms in total. The lowest BCUT2D eigenvalue weighted by molar-refractivity contribution is -0.401. The molecule has 0 radical (unpaired) electrons. The Hall–Kier alpha value is -4.53. The molecule has 0 saturated heterocycles. The molecule has 3 N–H and O–H groups in total. The van der Waals surface area contributed by atoms with Crippen LogP contribution in [0, 0.1) is 0 Å². The highest BCUT2D eigenvalue weighted by Crippen LogP contribution is 2.45. The molecule has 2 heterocycles. The number of anilines is 1. The summed E-state index contributed by atoms with van der Waals surface area (Å²) in [5.74, 6) is -0.960. The largest absolute Gasteiger partial charge is 0.478 e. The van der Waals surface area contributed by atoms with Crippen molar-refractivity contribution in [2.24, 2.45) is 0 Å². The lowest BCUT2D eigenvalue weighted by Crippen LogP contribution is -2.26. The number of benzene rings is 3. The van der Waals surface area contributed by atoms with Gasteiger partial charge in [0.25, 0.3) is 10.1 Å². The molecule has 0 unspecified atom stereocenters. The Bertz CT molecular complexity index is 2040. The van der Waals surface area contributed by atoms with Crippen LogP contribution in [0.1, 0.15) is 74.0 Å². The number of fused-ring (bicyclic) bond motifs is 2. The third kappa shape index (κ3) is 5.46. The van der Waals surface area contributed by atoms with Gasteiger partial charge in [-0.05, 0) is 97.4 Å². The van der Waals surface area contributed by atoms with Crippen molar-refractivity contribution in [3.8, 4) is 0 Å². The zero-order chi connectivity index (χ0) is 33.0. The summed E-state index contributed by atoms with van der Waals surface area (Å²) in [6.07, 6.45) is 11.3. The van der Waals surface area contributed by atoms with E-state index in [1.807, 2.05) is 26.0 Å². The quantitative estimate of drug-likeness (QED) is 0.187. The van der Waals surface area contributed by atoms with Crippen LogP contribution >= 0.6 is 0 Å². The van der Waals surface area contributed by atoms with Gasteiger partial charge < -0.3 is 10.4 Å². The first-order valence-corrected chi connectivity index (χ1v) is 16.9. The van der Waals surface area contributed by atoms with Crippen LogP contribution in [0.2, 0.25) is 0 Å². The van der Waals surface area contributed by atoms with Crippen LogP contribution in [-0.2, 0) is 20.9 Å². The highest BCUT2D eigenvalue weighted by atomic mass is 32.2. The summed E-state index contributed by atoms with van der Waals surface area (Å²) in [6.45, 7) is 8.55. The van der Waals surface area contributed by atoms with Crippen LogP contribution in [0.3, 0.4) is 0 Å². The summed E-state index contributed by atoms with van der Waals surface area (Å²) in [6, 6.07) is 20.2. The van der Waals surface area contributed by atoms with E-state index >= 15 is 0 Å². The fourth-order valence-corrected chi connectivity index (χ4v) is 7.59. The number of para-hydroxylation sites is 1. The van der Waals surface area contributed by atoms with Crippen molar-refractivity contribution in [3.63, 3.8) is 0 Å². The number of carboxylic acids is 1. The van der Waals surface area contributed by atoms with Gasteiger partial charge in [0.1, 0.15) is 7.05 Å². The molecule has 0 bridgehead atoms. The fourth-order valence-electron chi connectivity index (χ4n) is 7.08. The van der Waals surface area contributed by atoms with Crippen molar-refractivity contribution in [1.82, 2.24) is 0 Å². The van der Waals surface area contributed by atoms with Gasteiger partial charge in [0.15, 0.2) is 5.71 Å². The van der Waals surface area contributed by atoms with Crippen molar-refractivity contribution in [3.05, 3.63) is 130 Å². The van der Waals surface area contributed by atoms with Crippen LogP contribution in [-0.4, -0.2) is 41.4 Å². The molecule has 3 aromatic carbocycles. The van der Waals surface area contributed by atoms with Gasteiger partial charge >= 0.3 is 5.97 Å². The maximum absolute atomic E-state index is 11.8. The van der Waals surface area contributed by atoms with Crippen LogP contribution < -0.4 is 5.32 Å². The van der Waals surface area contributed by atoms with E-state index in [0.29, 0.717) is 0 Å². The maximum Gasteiger partial charge on any atom is 0.335 e. The van der Waals surface area contributed by atoms with E-state index in [-0.39, 0.29) is 15.9 Å². The average Bonchev–Trinajstić information content (AvgIpc) is 3.38. The van der Waals surface area contributed by atoms with Crippen molar-refractivity contribution < 1.29 is 27.4 Å². The van der Waals surface area contributed by atoms with Crippen molar-refractivity contribution >= 4 is 38.7 Å². The average molecular weight is 636 g/mol. The Balaban J connectivity index is 1.43. The van der Waals surface area contributed by atoms with Gasteiger partial charge in [0.05, 0.1) is 15.9 Å². The van der Waals surface area contributed by atoms with E-state index in [0.717, 1.165) is 52.9 Å². The first kappa shape index (κ1) is 31.5. The van der Waals surface area contributed by atoms with Crippen molar-refractivity contribution in [1.29, 1.82) is 0 Å². The summed E-state index contributed by atoms with van der Waals surface area (Å²) in [4.78, 5) is 11.5. The summed E-state index contributed by atoms with van der Waals surface area (Å²) in [5, 5.41) is 13.0. The van der Waals surface area contributed by atoms with Gasteiger partial charge in [-0.25, -0.2) is 4.79 Å². The number of aromatic carboxylic acids is 1. The summed E-state index contributed by atoms with van der Waals surface area (Å²) >= 11 is 0. The molecule has 46 heavy (non-hydrogen) atoms. The normalized spacial score (nSPS) is 20.4. The van der Waals surface area contributed by atoms with Crippen molar-refractivity contribution in [2.75, 3.05) is 12.4 Å². The molecule has 236 valence electrons. The number of carbonyl (C=O) groups is 1. The second-order valence-electron chi connectivity index (χ2n) is 13.3. The number of hydrogen-bond donors (Lipinski definition) is 3. The molecule has 0 amide bonds. The summed E-state index contributed by atoms with van der Waals surface area (Å²) < 4.78 is 35.5. The van der Waals surface area contributed by atoms with E-state index in [4.69, 9.17) is 0 Å². The minimum atomic E-state index is -4.33. The van der Waals surface area contributed by atoms with Crippen LogP contribution in [0.4, 0.5) is 11.4 Å². The second kappa shape index (κ2) is 11.4. The van der Waals surface area contributed by atoms with Gasteiger partial charge in [-0.15, -0.1) is 0 Å². The van der Waals surface area contributed by atoms with Gasteiger partial charge in [-0.2, -0.15) is 13.0 Å². The molecular weight excluding hydrogens is 596 g/mol. The first-order valence-electron chi connectivity index (χ1n) is 15.5. The predicted molar refractivity (Wildman–Crippen MR) is 183 cm³/mol. The maximum atomic E-state index is 11.8. The molecule has 6 rings (SSSR count). The third-order valence-corrected chi connectivity index (χ3v) is 10.5. The lowest BCUT2D eigenvalue weighted by Gasteiger charge is -2.24. The monoisotopic (exact) mass is 635 g/mol. The number of nitrogens with zero attached hydrogens (tertiary/aromatic N) is 1. The predicted octanol–water partition coefficient (Wildman–Crippen LogP) is 8.05. The summed E-state index contributed by atoms with van der Waals surface area (Å²) in [7, 11) is -2.22. The van der Waals surface area contributed by atoms with Gasteiger partial charge in [0.2, 0.25) is 5.69 Å². The Labute approximate surface area is 270 Å². The van der Waals surface area contributed by atoms with E-state index in [9.17, 15) is 22.9 Å². The molecule has 0 saturated carbocycles. The number of rotatable bonds is 6. The zero-order valence-electron chi connectivity index (χ0n) is 26.8. The van der Waals surface area contributed by atoms with E-state index in [2.05, 4.69) is 79.4 Å². The van der Waals surface area contributed by atoms with Gasteiger partial charge in [-0.3, -0.25) is 4.55 Å². The Morgan fingerprint density at radius 2 is 1.61 bits per heavy atom. The third-order valence-electron chi connectivity index (χ3n) is 9.69. The van der Waals surface area contributed by atoms with Crippen LogP contribution in [0.15, 0.2) is 113 Å². The smallest absolute Gasteiger partial charge is 0.335 e. The second-order valence-corrected chi connectivity index (χ2v) is 14.7. The van der Waals surface area contributed by atoms with Crippen LogP contribution in [0.25, 0.3) is 5.57 Å². The molecule has 0 fully saturated rings. The van der Waals surface area contributed by atoms with Gasteiger partial charge in [-0.1, -0.05) is 56.3 Å². The minimum Gasteiger partial charge on any atom is -0.478 e. The molecule has 2 aliphatic heterocycles. The highest BCUT2D eigenvalue weighted by Gasteiger charge is 2.42.